The third-order valence-corrected chi connectivity index (χ3v) is 5.79. The van der Waals surface area contributed by atoms with Gasteiger partial charge in [-0.15, -0.1) is 0 Å². The van der Waals surface area contributed by atoms with E-state index in [4.69, 9.17) is 4.74 Å². The number of carbonyl (C=O) groups excluding carboxylic acids is 1. The number of methoxy groups -OCH3 is 1. The fourth-order valence-electron chi connectivity index (χ4n) is 3.95. The average Bonchev–Trinajstić information content (AvgIpc) is 3.20. The van der Waals surface area contributed by atoms with Gasteiger partial charge in [-0.3, -0.25) is 4.79 Å². The Morgan fingerprint density at radius 3 is 2.73 bits per heavy atom. The lowest BCUT2D eigenvalue weighted by molar-refractivity contribution is -0.111. The molecule has 1 amide bonds. The number of aryl methyl sites for hydroxylation is 1. The van der Waals surface area contributed by atoms with Gasteiger partial charge in [0.05, 0.1) is 29.9 Å². The number of likely N-dealkylation sites (N-methyl/N-ethyl adjacent to an activating group) is 1. The first-order valence-corrected chi connectivity index (χ1v) is 11.7. The molecule has 0 radical (unpaired) electrons. The highest BCUT2D eigenvalue weighted by Crippen LogP contribution is 2.37. The number of halogens is 1. The maximum Gasteiger partial charge on any atom is 0.247 e. The lowest BCUT2D eigenvalue weighted by atomic mass is 10.1. The summed E-state index contributed by atoms with van der Waals surface area (Å²) >= 11 is 0. The predicted octanol–water partition coefficient (Wildman–Crippen LogP) is 4.62. The Balaban J connectivity index is 1.69. The van der Waals surface area contributed by atoms with Gasteiger partial charge in [-0.25, -0.2) is 14.4 Å². The summed E-state index contributed by atoms with van der Waals surface area (Å²) in [6, 6.07) is 10.0. The summed E-state index contributed by atoms with van der Waals surface area (Å²) in [4.78, 5) is 23.2. The fraction of sp³-hybridized carbons (Fsp3) is 0.222. The van der Waals surface area contributed by atoms with Crippen LogP contribution in [0.1, 0.15) is 0 Å². The Kier molecular flexibility index (Phi) is 7.69. The Morgan fingerprint density at radius 2 is 2.00 bits per heavy atom. The zero-order valence-electron chi connectivity index (χ0n) is 21.3. The first kappa shape index (κ1) is 25.6. The molecule has 3 N–H and O–H groups in total. The van der Waals surface area contributed by atoms with Crippen molar-refractivity contribution < 1.29 is 13.9 Å². The van der Waals surface area contributed by atoms with Crippen LogP contribution in [0, 0.1) is 5.82 Å². The van der Waals surface area contributed by atoms with Crippen molar-refractivity contribution in [2.24, 2.45) is 7.05 Å². The Labute approximate surface area is 215 Å². The van der Waals surface area contributed by atoms with E-state index in [-0.39, 0.29) is 11.7 Å². The molecule has 0 saturated carbocycles. The van der Waals surface area contributed by atoms with Gasteiger partial charge in [-0.2, -0.15) is 0 Å². The molecule has 2 heterocycles. The highest BCUT2D eigenvalue weighted by atomic mass is 19.1. The molecule has 0 saturated heterocycles. The molecule has 37 heavy (non-hydrogen) atoms. The van der Waals surface area contributed by atoms with Crippen LogP contribution in [0.4, 0.5) is 27.4 Å². The number of rotatable bonds is 10. The van der Waals surface area contributed by atoms with Gasteiger partial charge in [0, 0.05) is 55.1 Å². The summed E-state index contributed by atoms with van der Waals surface area (Å²) in [6.45, 7) is 5.00. The van der Waals surface area contributed by atoms with Crippen LogP contribution in [0.25, 0.3) is 22.2 Å². The molecule has 0 bridgehead atoms. The second-order valence-electron chi connectivity index (χ2n) is 8.73. The van der Waals surface area contributed by atoms with E-state index in [9.17, 15) is 9.18 Å². The number of nitrogens with one attached hydrogen (secondary N) is 3. The van der Waals surface area contributed by atoms with E-state index >= 15 is 0 Å². The number of amides is 1. The van der Waals surface area contributed by atoms with Crippen molar-refractivity contribution in [3.05, 3.63) is 67.3 Å². The number of benzene rings is 2. The quantitative estimate of drug-likeness (QED) is 0.272. The molecule has 4 aromatic rings. The Bertz CT molecular complexity index is 1450. The highest BCUT2D eigenvalue weighted by molar-refractivity contribution is 6.02. The number of hydrogen-bond acceptors (Lipinski definition) is 7. The van der Waals surface area contributed by atoms with Crippen molar-refractivity contribution in [2.45, 2.75) is 0 Å². The molecule has 0 aliphatic rings. The maximum atomic E-state index is 14.0. The number of aromatic nitrogens is 3. The molecule has 2 aromatic carbocycles. The van der Waals surface area contributed by atoms with Crippen molar-refractivity contribution in [2.75, 3.05) is 50.2 Å². The molecular formula is C27H30FN7O2. The van der Waals surface area contributed by atoms with Crippen molar-refractivity contribution in [1.29, 1.82) is 0 Å². The van der Waals surface area contributed by atoms with Crippen LogP contribution in [0.5, 0.6) is 5.75 Å². The fourth-order valence-corrected chi connectivity index (χ4v) is 3.95. The van der Waals surface area contributed by atoms with Crippen LogP contribution >= 0.6 is 0 Å². The monoisotopic (exact) mass is 503 g/mol. The number of nitrogens with zero attached hydrogens (tertiary/aromatic N) is 4. The number of carbonyl (C=O) groups is 1. The second kappa shape index (κ2) is 11.1. The molecule has 0 aliphatic heterocycles. The van der Waals surface area contributed by atoms with Crippen LogP contribution < -0.4 is 20.7 Å². The molecule has 0 unspecified atom stereocenters. The molecule has 0 aliphatic carbocycles. The van der Waals surface area contributed by atoms with Gasteiger partial charge < -0.3 is 30.2 Å². The minimum atomic E-state index is -0.340. The number of fused-ring (bicyclic) bond motifs is 1. The molecule has 2 aromatic heterocycles. The van der Waals surface area contributed by atoms with Gasteiger partial charge in [0.2, 0.25) is 11.9 Å². The molecular weight excluding hydrogens is 473 g/mol. The summed E-state index contributed by atoms with van der Waals surface area (Å²) in [5, 5.41) is 10.1. The molecule has 10 heteroatoms. The smallest absolute Gasteiger partial charge is 0.247 e. The van der Waals surface area contributed by atoms with Crippen molar-refractivity contribution in [3.63, 3.8) is 0 Å². The topological polar surface area (TPSA) is 96.3 Å². The van der Waals surface area contributed by atoms with Crippen LogP contribution in [0.2, 0.25) is 0 Å². The lowest BCUT2D eigenvalue weighted by Gasteiger charge is -2.19. The second-order valence-corrected chi connectivity index (χ2v) is 8.73. The Morgan fingerprint density at radius 1 is 1.19 bits per heavy atom. The van der Waals surface area contributed by atoms with Crippen molar-refractivity contribution in [1.82, 2.24) is 19.4 Å². The first-order valence-electron chi connectivity index (χ1n) is 11.7. The Hall–Kier alpha value is -4.44. The van der Waals surface area contributed by atoms with Crippen molar-refractivity contribution >= 4 is 39.8 Å². The van der Waals surface area contributed by atoms with Gasteiger partial charge in [0.25, 0.3) is 0 Å². The maximum absolute atomic E-state index is 14.0. The molecule has 192 valence electrons. The van der Waals surface area contributed by atoms with E-state index in [1.165, 1.54) is 18.2 Å². The number of hydrogen-bond donors (Lipinski definition) is 3. The molecule has 4 rings (SSSR count). The zero-order valence-corrected chi connectivity index (χ0v) is 21.3. The van der Waals surface area contributed by atoms with Crippen LogP contribution in [0.3, 0.4) is 0 Å². The molecule has 0 spiro atoms. The summed E-state index contributed by atoms with van der Waals surface area (Å²) in [5.74, 6) is 0.197. The van der Waals surface area contributed by atoms with E-state index < -0.39 is 0 Å². The van der Waals surface area contributed by atoms with Crippen molar-refractivity contribution in [3.8, 4) is 17.0 Å². The van der Waals surface area contributed by atoms with Gasteiger partial charge in [-0.1, -0.05) is 6.58 Å². The summed E-state index contributed by atoms with van der Waals surface area (Å²) in [6.07, 6.45) is 4.75. The zero-order chi connectivity index (χ0) is 26.5. The summed E-state index contributed by atoms with van der Waals surface area (Å²) in [7, 11) is 7.44. The molecule has 9 nitrogen and oxygen atoms in total. The lowest BCUT2D eigenvalue weighted by Crippen LogP contribution is -2.21. The summed E-state index contributed by atoms with van der Waals surface area (Å²) < 4.78 is 21.5. The first-order chi connectivity index (χ1) is 17.8. The average molecular weight is 504 g/mol. The van der Waals surface area contributed by atoms with E-state index in [0.717, 1.165) is 23.0 Å². The minimum Gasteiger partial charge on any atom is -0.494 e. The standard InChI is InChI=1S/C27H30FN7O2/c1-6-26(36)31-22-14-23(25(37-5)15-21(22)29-11-12-34(2)3)33-27-30-10-9-20(32-27)19-16-35(4)24-8-7-17(28)13-18(19)24/h6-10,13-16,29H,1,11-12H2,2-5H3,(H,31,36)(H,30,32,33). The van der Waals surface area contributed by atoms with E-state index in [0.29, 0.717) is 41.0 Å². The van der Waals surface area contributed by atoms with Crippen LogP contribution in [-0.4, -0.2) is 59.6 Å². The number of anilines is 4. The third-order valence-electron chi connectivity index (χ3n) is 5.79. The number of ether oxygens (including phenoxy) is 1. The normalized spacial score (nSPS) is 11.0. The van der Waals surface area contributed by atoms with Crippen LogP contribution in [-0.2, 0) is 11.8 Å². The van der Waals surface area contributed by atoms with Gasteiger partial charge in [0.1, 0.15) is 11.6 Å². The predicted molar refractivity (Wildman–Crippen MR) is 146 cm³/mol. The minimum absolute atomic E-state index is 0.314. The van der Waals surface area contributed by atoms with Crippen LogP contribution in [0.15, 0.2) is 61.4 Å². The van der Waals surface area contributed by atoms with E-state index in [1.807, 2.05) is 31.9 Å². The molecule has 0 atom stereocenters. The van der Waals surface area contributed by atoms with E-state index in [2.05, 4.69) is 37.4 Å². The highest BCUT2D eigenvalue weighted by Gasteiger charge is 2.15. The molecule has 0 fully saturated rings. The summed E-state index contributed by atoms with van der Waals surface area (Å²) in [5.41, 5.74) is 4.12. The SMILES string of the molecule is C=CC(=O)Nc1cc(Nc2nccc(-c3cn(C)c4ccc(F)cc34)n2)c(OC)cc1NCCN(C)C. The third kappa shape index (κ3) is 5.87. The largest absolute Gasteiger partial charge is 0.494 e. The van der Waals surface area contributed by atoms with Gasteiger partial charge in [-0.05, 0) is 50.5 Å². The van der Waals surface area contributed by atoms with Gasteiger partial charge >= 0.3 is 0 Å². The van der Waals surface area contributed by atoms with E-state index in [1.54, 1.807) is 37.6 Å². The van der Waals surface area contributed by atoms with Gasteiger partial charge in [0.15, 0.2) is 0 Å².